The van der Waals surface area contributed by atoms with E-state index in [-0.39, 0.29) is 6.54 Å². The molecular formula is C25H24N2O4. The van der Waals surface area contributed by atoms with E-state index in [1.54, 1.807) is 18.2 Å². The van der Waals surface area contributed by atoms with Crippen molar-refractivity contribution in [2.24, 2.45) is 0 Å². The monoisotopic (exact) mass is 416 g/mol. The fraction of sp³-hybridized carbons (Fsp3) is 0.160. The Labute approximate surface area is 181 Å². The number of ether oxygens (including phenoxy) is 1. The van der Waals surface area contributed by atoms with Gasteiger partial charge in [0.1, 0.15) is 6.54 Å². The Morgan fingerprint density at radius 2 is 1.45 bits per heavy atom. The third-order valence-corrected chi connectivity index (χ3v) is 4.68. The lowest BCUT2D eigenvalue weighted by atomic mass is 10.0. The number of hydrogen-bond acceptors (Lipinski definition) is 4. The fourth-order valence-corrected chi connectivity index (χ4v) is 3.03. The lowest BCUT2D eigenvalue weighted by molar-refractivity contribution is -0.146. The second-order valence-corrected chi connectivity index (χ2v) is 6.85. The molecule has 3 aromatic carbocycles. The maximum absolute atomic E-state index is 12.2. The maximum Gasteiger partial charge on any atom is 0.325 e. The highest BCUT2D eigenvalue weighted by Gasteiger charge is 2.12. The number of anilines is 1. The highest BCUT2D eigenvalue weighted by atomic mass is 16.5. The molecule has 0 aliphatic rings. The Morgan fingerprint density at radius 3 is 2.16 bits per heavy atom. The highest BCUT2D eigenvalue weighted by molar-refractivity contribution is 5.97. The molecule has 2 amide bonds. The van der Waals surface area contributed by atoms with E-state index in [1.807, 2.05) is 67.6 Å². The van der Waals surface area contributed by atoms with Crippen molar-refractivity contribution in [3.63, 3.8) is 0 Å². The molecule has 2 N–H and O–H groups in total. The molecule has 0 bridgehead atoms. The summed E-state index contributed by atoms with van der Waals surface area (Å²) in [6.45, 7) is 1.25. The first-order valence-corrected chi connectivity index (χ1v) is 10.0. The summed E-state index contributed by atoms with van der Waals surface area (Å²) in [6.07, 6.45) is 0.772. The summed E-state index contributed by atoms with van der Waals surface area (Å²) in [6, 6.07) is 24.3. The molecule has 0 saturated heterocycles. The van der Waals surface area contributed by atoms with Crippen molar-refractivity contribution >= 4 is 23.5 Å². The quantitative estimate of drug-likeness (QED) is 0.547. The largest absolute Gasteiger partial charge is 0.454 e. The Morgan fingerprint density at radius 1 is 0.806 bits per heavy atom. The number of esters is 1. The molecule has 3 aromatic rings. The minimum Gasteiger partial charge on any atom is -0.454 e. The van der Waals surface area contributed by atoms with Crippen LogP contribution < -0.4 is 10.6 Å². The van der Waals surface area contributed by atoms with Gasteiger partial charge in [0.15, 0.2) is 6.61 Å². The number of carbonyl (C=O) groups excluding carboxylic acids is 3. The van der Waals surface area contributed by atoms with Gasteiger partial charge < -0.3 is 15.4 Å². The predicted octanol–water partition coefficient (Wildman–Crippen LogP) is 3.83. The Bertz CT molecular complexity index is 1050. The number of hydrogen-bond donors (Lipinski definition) is 2. The highest BCUT2D eigenvalue weighted by Crippen LogP contribution is 2.19. The van der Waals surface area contributed by atoms with Gasteiger partial charge in [-0.25, -0.2) is 0 Å². The van der Waals surface area contributed by atoms with E-state index < -0.39 is 24.4 Å². The van der Waals surface area contributed by atoms with Gasteiger partial charge in [0.25, 0.3) is 11.8 Å². The van der Waals surface area contributed by atoms with Gasteiger partial charge in [0.05, 0.1) is 0 Å². The van der Waals surface area contributed by atoms with Crippen LogP contribution in [0.3, 0.4) is 0 Å². The first kappa shape index (κ1) is 21.8. The van der Waals surface area contributed by atoms with Gasteiger partial charge in [-0.1, -0.05) is 67.6 Å². The van der Waals surface area contributed by atoms with Crippen LogP contribution in [0.2, 0.25) is 0 Å². The van der Waals surface area contributed by atoms with E-state index in [0.717, 1.165) is 23.1 Å². The van der Waals surface area contributed by atoms with Crippen molar-refractivity contribution in [3.05, 3.63) is 90.0 Å². The van der Waals surface area contributed by atoms with Gasteiger partial charge in [-0.3, -0.25) is 14.4 Å². The molecule has 158 valence electrons. The maximum atomic E-state index is 12.2. The summed E-state index contributed by atoms with van der Waals surface area (Å²) in [5.74, 6) is -1.51. The van der Waals surface area contributed by atoms with Crippen molar-refractivity contribution in [1.29, 1.82) is 0 Å². The van der Waals surface area contributed by atoms with Crippen LogP contribution in [0.5, 0.6) is 0 Å². The van der Waals surface area contributed by atoms with Crippen molar-refractivity contribution < 1.29 is 19.1 Å². The normalized spacial score (nSPS) is 10.2. The summed E-state index contributed by atoms with van der Waals surface area (Å²) in [5.41, 5.74) is 4.16. The van der Waals surface area contributed by atoms with Crippen LogP contribution in [0.4, 0.5) is 5.69 Å². The predicted molar refractivity (Wildman–Crippen MR) is 120 cm³/mol. The second-order valence-electron chi connectivity index (χ2n) is 6.85. The van der Waals surface area contributed by atoms with Crippen LogP contribution in [-0.2, 0) is 20.7 Å². The third-order valence-electron chi connectivity index (χ3n) is 4.68. The summed E-state index contributed by atoms with van der Waals surface area (Å²) >= 11 is 0. The molecule has 6 heteroatoms. The molecule has 0 aliphatic carbocycles. The van der Waals surface area contributed by atoms with Crippen LogP contribution in [0.15, 0.2) is 78.9 Å². The minimum atomic E-state index is -0.687. The zero-order valence-electron chi connectivity index (χ0n) is 17.3. The van der Waals surface area contributed by atoms with E-state index in [4.69, 9.17) is 4.74 Å². The zero-order chi connectivity index (χ0) is 22.1. The topological polar surface area (TPSA) is 84.5 Å². The molecule has 0 heterocycles. The fourth-order valence-electron chi connectivity index (χ4n) is 3.03. The number of carbonyl (C=O) groups is 3. The van der Waals surface area contributed by atoms with Crippen LogP contribution in [-0.4, -0.2) is 30.9 Å². The van der Waals surface area contributed by atoms with Crippen LogP contribution in [0, 0.1) is 0 Å². The van der Waals surface area contributed by atoms with E-state index >= 15 is 0 Å². The first-order valence-electron chi connectivity index (χ1n) is 10.0. The van der Waals surface area contributed by atoms with Gasteiger partial charge in [0.2, 0.25) is 0 Å². The molecule has 6 nitrogen and oxygen atoms in total. The van der Waals surface area contributed by atoms with Crippen LogP contribution in [0.1, 0.15) is 22.8 Å². The van der Waals surface area contributed by atoms with E-state index in [0.29, 0.717) is 11.3 Å². The SMILES string of the molecule is CCc1ccccc1NC(=O)COC(=O)CNC(=O)c1ccc(-c2ccccc2)cc1. The first-order chi connectivity index (χ1) is 15.1. The molecule has 0 atom stereocenters. The number of nitrogens with one attached hydrogen (secondary N) is 2. The molecule has 0 spiro atoms. The molecule has 0 fully saturated rings. The van der Waals surface area contributed by atoms with Gasteiger partial charge in [0, 0.05) is 11.3 Å². The van der Waals surface area contributed by atoms with Gasteiger partial charge >= 0.3 is 5.97 Å². The molecule has 0 saturated carbocycles. The molecule has 0 unspecified atom stereocenters. The molecule has 0 aliphatic heterocycles. The Kier molecular flexibility index (Phi) is 7.54. The van der Waals surface area contributed by atoms with E-state index in [2.05, 4.69) is 10.6 Å². The third kappa shape index (κ3) is 6.27. The second kappa shape index (κ2) is 10.7. The summed E-state index contributed by atoms with van der Waals surface area (Å²) in [7, 11) is 0. The molecule has 31 heavy (non-hydrogen) atoms. The molecule has 3 rings (SSSR count). The van der Waals surface area contributed by atoms with Crippen LogP contribution in [0.25, 0.3) is 11.1 Å². The van der Waals surface area contributed by atoms with Gasteiger partial charge in [-0.05, 0) is 41.3 Å². The summed E-state index contributed by atoms with van der Waals surface area (Å²) < 4.78 is 4.95. The number of aryl methyl sites for hydroxylation is 1. The van der Waals surface area contributed by atoms with Crippen molar-refractivity contribution in [2.75, 3.05) is 18.5 Å². The van der Waals surface area contributed by atoms with Crippen molar-refractivity contribution in [3.8, 4) is 11.1 Å². The van der Waals surface area contributed by atoms with Gasteiger partial charge in [-0.2, -0.15) is 0 Å². The summed E-state index contributed by atoms with van der Waals surface area (Å²) in [4.78, 5) is 36.1. The van der Waals surface area contributed by atoms with Crippen LogP contribution >= 0.6 is 0 Å². The number of benzene rings is 3. The lowest BCUT2D eigenvalue weighted by Gasteiger charge is -2.10. The Hall–Kier alpha value is -3.93. The summed E-state index contributed by atoms with van der Waals surface area (Å²) in [5, 5.41) is 5.23. The smallest absolute Gasteiger partial charge is 0.325 e. The Balaban J connectivity index is 1.44. The zero-order valence-corrected chi connectivity index (χ0v) is 17.3. The van der Waals surface area contributed by atoms with E-state index in [9.17, 15) is 14.4 Å². The molecular weight excluding hydrogens is 392 g/mol. The van der Waals surface area contributed by atoms with Gasteiger partial charge in [-0.15, -0.1) is 0 Å². The average molecular weight is 416 g/mol. The van der Waals surface area contributed by atoms with E-state index in [1.165, 1.54) is 0 Å². The average Bonchev–Trinajstić information content (AvgIpc) is 2.82. The number of amides is 2. The van der Waals surface area contributed by atoms with Crippen molar-refractivity contribution in [2.45, 2.75) is 13.3 Å². The number of rotatable bonds is 8. The number of para-hydroxylation sites is 1. The molecule has 0 aromatic heterocycles. The van der Waals surface area contributed by atoms with Crippen molar-refractivity contribution in [1.82, 2.24) is 5.32 Å². The lowest BCUT2D eigenvalue weighted by Crippen LogP contribution is -2.32. The standard InChI is InChI=1S/C25H24N2O4/c1-2-18-8-6-7-11-22(18)27-23(28)17-31-24(29)16-26-25(30)21-14-12-20(13-15-21)19-9-4-3-5-10-19/h3-15H,2,16-17H2,1H3,(H,26,30)(H,27,28). The molecule has 0 radical (unpaired) electrons. The minimum absolute atomic E-state index is 0.321.